The van der Waals surface area contributed by atoms with Crippen LogP contribution in [0.2, 0.25) is 0 Å². The topological polar surface area (TPSA) is 29.3 Å². The third-order valence-corrected chi connectivity index (χ3v) is 4.39. The van der Waals surface area contributed by atoms with Crippen LogP contribution in [0, 0.1) is 5.92 Å². The molecule has 1 saturated carbocycles. The van der Waals surface area contributed by atoms with E-state index in [4.69, 9.17) is 5.73 Å². The standard InChI is InChI=1S/C14H20N2/c1-10(11-3-2-4-11)16-8-12-5-6-14(15)7-13(12)9-16/h5-7,10-11H,2-4,8-9,15H2,1H3. The maximum atomic E-state index is 5.83. The molecule has 16 heavy (non-hydrogen) atoms. The van der Waals surface area contributed by atoms with Crippen molar-refractivity contribution in [3.63, 3.8) is 0 Å². The molecule has 2 heteroatoms. The van der Waals surface area contributed by atoms with Crippen LogP contribution in [0.15, 0.2) is 18.2 Å². The van der Waals surface area contributed by atoms with E-state index in [2.05, 4.69) is 24.0 Å². The number of anilines is 1. The van der Waals surface area contributed by atoms with Crippen molar-refractivity contribution < 1.29 is 0 Å². The molecule has 0 spiro atoms. The zero-order valence-electron chi connectivity index (χ0n) is 9.95. The minimum atomic E-state index is 0.738. The van der Waals surface area contributed by atoms with Crippen LogP contribution in [0.25, 0.3) is 0 Å². The second-order valence-corrected chi connectivity index (χ2v) is 5.36. The molecule has 0 radical (unpaired) electrons. The van der Waals surface area contributed by atoms with Crippen LogP contribution < -0.4 is 5.73 Å². The highest BCUT2D eigenvalue weighted by Crippen LogP contribution is 2.35. The highest BCUT2D eigenvalue weighted by molar-refractivity contribution is 5.46. The lowest BCUT2D eigenvalue weighted by atomic mass is 9.80. The van der Waals surface area contributed by atoms with E-state index in [1.54, 1.807) is 0 Å². The third kappa shape index (κ3) is 1.61. The van der Waals surface area contributed by atoms with Gasteiger partial charge in [0.1, 0.15) is 0 Å². The molecular formula is C14H20N2. The van der Waals surface area contributed by atoms with E-state index >= 15 is 0 Å². The molecule has 1 aliphatic carbocycles. The van der Waals surface area contributed by atoms with E-state index in [0.717, 1.165) is 30.7 Å². The van der Waals surface area contributed by atoms with Crippen LogP contribution in [0.4, 0.5) is 5.69 Å². The van der Waals surface area contributed by atoms with Gasteiger partial charge in [-0.3, -0.25) is 4.90 Å². The van der Waals surface area contributed by atoms with Crippen molar-refractivity contribution in [3.8, 4) is 0 Å². The highest BCUT2D eigenvalue weighted by Gasteiger charge is 2.31. The van der Waals surface area contributed by atoms with Crippen molar-refractivity contribution in [2.45, 2.75) is 45.3 Å². The number of nitrogen functional groups attached to an aromatic ring is 1. The predicted molar refractivity (Wildman–Crippen MR) is 66.9 cm³/mol. The smallest absolute Gasteiger partial charge is 0.0317 e. The van der Waals surface area contributed by atoms with Crippen molar-refractivity contribution in [1.29, 1.82) is 0 Å². The summed E-state index contributed by atoms with van der Waals surface area (Å²) in [7, 11) is 0. The second-order valence-electron chi connectivity index (χ2n) is 5.36. The SMILES string of the molecule is CC(C1CCC1)N1Cc2ccc(N)cc2C1. The van der Waals surface area contributed by atoms with Gasteiger partial charge in [0.15, 0.2) is 0 Å². The van der Waals surface area contributed by atoms with E-state index < -0.39 is 0 Å². The van der Waals surface area contributed by atoms with E-state index in [1.165, 1.54) is 30.4 Å². The van der Waals surface area contributed by atoms with E-state index in [0.29, 0.717) is 0 Å². The normalized spacial score (nSPS) is 22.8. The van der Waals surface area contributed by atoms with Gasteiger partial charge in [-0.1, -0.05) is 12.5 Å². The lowest BCUT2D eigenvalue weighted by molar-refractivity contribution is 0.106. The Balaban J connectivity index is 1.74. The summed E-state index contributed by atoms with van der Waals surface area (Å²) in [5.74, 6) is 0.937. The Morgan fingerprint density at radius 3 is 2.69 bits per heavy atom. The molecule has 3 rings (SSSR count). The fourth-order valence-electron chi connectivity index (χ4n) is 2.95. The van der Waals surface area contributed by atoms with Gasteiger partial charge in [-0.2, -0.15) is 0 Å². The summed E-state index contributed by atoms with van der Waals surface area (Å²) in [6.07, 6.45) is 4.29. The molecule has 1 aromatic carbocycles. The van der Waals surface area contributed by atoms with Gasteiger partial charge in [-0.25, -0.2) is 0 Å². The van der Waals surface area contributed by atoms with Gasteiger partial charge in [0, 0.05) is 24.8 Å². The lowest BCUT2D eigenvalue weighted by Gasteiger charge is -2.37. The van der Waals surface area contributed by atoms with Gasteiger partial charge >= 0.3 is 0 Å². The first-order valence-electron chi connectivity index (χ1n) is 6.35. The monoisotopic (exact) mass is 216 g/mol. The summed E-state index contributed by atoms with van der Waals surface area (Å²) in [6.45, 7) is 4.60. The van der Waals surface area contributed by atoms with Crippen LogP contribution in [-0.2, 0) is 13.1 Å². The maximum absolute atomic E-state index is 5.83. The Hall–Kier alpha value is -1.02. The van der Waals surface area contributed by atoms with Crippen molar-refractivity contribution in [2.24, 2.45) is 5.92 Å². The molecule has 2 aliphatic rings. The summed E-state index contributed by atoms with van der Waals surface area (Å²) in [4.78, 5) is 2.61. The Kier molecular flexibility index (Phi) is 2.40. The molecule has 0 aromatic heterocycles. The van der Waals surface area contributed by atoms with Gasteiger partial charge < -0.3 is 5.73 Å². The molecule has 2 nitrogen and oxygen atoms in total. The highest BCUT2D eigenvalue weighted by atomic mass is 15.2. The quantitative estimate of drug-likeness (QED) is 0.770. The summed E-state index contributed by atoms with van der Waals surface area (Å²) < 4.78 is 0. The molecule has 0 amide bonds. The molecule has 86 valence electrons. The predicted octanol–water partition coefficient (Wildman–Crippen LogP) is 2.77. The van der Waals surface area contributed by atoms with Crippen LogP contribution in [-0.4, -0.2) is 10.9 Å². The molecule has 1 unspecified atom stereocenters. The van der Waals surface area contributed by atoms with Crippen LogP contribution >= 0.6 is 0 Å². The average Bonchev–Trinajstić information content (AvgIpc) is 2.57. The number of nitrogens with zero attached hydrogens (tertiary/aromatic N) is 1. The summed E-state index contributed by atoms with van der Waals surface area (Å²) >= 11 is 0. The number of hydrogen-bond donors (Lipinski definition) is 1. The molecule has 2 N–H and O–H groups in total. The summed E-state index contributed by atoms with van der Waals surface area (Å²) in [5.41, 5.74) is 9.64. The molecular weight excluding hydrogens is 196 g/mol. The molecule has 1 heterocycles. The first kappa shape index (κ1) is 10.2. The van der Waals surface area contributed by atoms with E-state index in [-0.39, 0.29) is 0 Å². The molecule has 1 aliphatic heterocycles. The number of rotatable bonds is 2. The minimum Gasteiger partial charge on any atom is -0.399 e. The average molecular weight is 216 g/mol. The molecule has 1 fully saturated rings. The van der Waals surface area contributed by atoms with Crippen molar-refractivity contribution >= 4 is 5.69 Å². The second kappa shape index (κ2) is 3.77. The zero-order chi connectivity index (χ0) is 11.1. The van der Waals surface area contributed by atoms with Gasteiger partial charge in [-0.05, 0) is 48.9 Å². The Bertz CT molecular complexity index is 396. The Labute approximate surface area is 97.4 Å². The minimum absolute atomic E-state index is 0.738. The van der Waals surface area contributed by atoms with Gasteiger partial charge in [0.05, 0.1) is 0 Å². The Morgan fingerprint density at radius 1 is 1.25 bits per heavy atom. The number of nitrogens with two attached hydrogens (primary N) is 1. The molecule has 0 saturated heterocycles. The Morgan fingerprint density at radius 2 is 2.00 bits per heavy atom. The van der Waals surface area contributed by atoms with E-state index in [9.17, 15) is 0 Å². The van der Waals surface area contributed by atoms with Gasteiger partial charge in [0.25, 0.3) is 0 Å². The summed E-state index contributed by atoms with van der Waals surface area (Å²) in [5, 5.41) is 0. The zero-order valence-corrected chi connectivity index (χ0v) is 9.95. The fraction of sp³-hybridized carbons (Fsp3) is 0.571. The van der Waals surface area contributed by atoms with Crippen LogP contribution in [0.5, 0.6) is 0 Å². The van der Waals surface area contributed by atoms with Crippen molar-refractivity contribution in [3.05, 3.63) is 29.3 Å². The van der Waals surface area contributed by atoms with Crippen LogP contribution in [0.1, 0.15) is 37.3 Å². The number of benzene rings is 1. The number of fused-ring (bicyclic) bond motifs is 1. The van der Waals surface area contributed by atoms with Gasteiger partial charge in [-0.15, -0.1) is 0 Å². The van der Waals surface area contributed by atoms with Crippen LogP contribution in [0.3, 0.4) is 0 Å². The van der Waals surface area contributed by atoms with Crippen molar-refractivity contribution in [1.82, 2.24) is 4.90 Å². The first-order valence-corrected chi connectivity index (χ1v) is 6.35. The third-order valence-electron chi connectivity index (χ3n) is 4.39. The lowest BCUT2D eigenvalue weighted by Crippen LogP contribution is -2.37. The molecule has 0 bridgehead atoms. The molecule has 1 aromatic rings. The first-order chi connectivity index (χ1) is 7.74. The molecule has 1 atom stereocenters. The summed E-state index contributed by atoms with van der Waals surface area (Å²) in [6, 6.07) is 7.10. The van der Waals surface area contributed by atoms with Gasteiger partial charge in [0.2, 0.25) is 0 Å². The fourth-order valence-corrected chi connectivity index (χ4v) is 2.95. The number of hydrogen-bond acceptors (Lipinski definition) is 2. The largest absolute Gasteiger partial charge is 0.399 e. The maximum Gasteiger partial charge on any atom is 0.0317 e. The van der Waals surface area contributed by atoms with Crippen molar-refractivity contribution in [2.75, 3.05) is 5.73 Å². The van der Waals surface area contributed by atoms with E-state index in [1.807, 2.05) is 6.07 Å².